The first-order chi connectivity index (χ1) is 14.6. The molecule has 5 nitrogen and oxygen atoms in total. The van der Waals surface area contributed by atoms with Crippen LogP contribution in [0.1, 0.15) is 24.2 Å². The molecule has 1 amide bonds. The largest absolute Gasteiger partial charge is 0.302 e. The summed E-state index contributed by atoms with van der Waals surface area (Å²) in [5, 5.41) is 0.757. The highest BCUT2D eigenvalue weighted by atomic mass is 35.5. The Kier molecular flexibility index (Phi) is 8.30. The fourth-order valence-corrected chi connectivity index (χ4v) is 5.76. The molecule has 0 atom stereocenters. The third-order valence-electron chi connectivity index (χ3n) is 5.18. The van der Waals surface area contributed by atoms with Gasteiger partial charge in [-0.2, -0.15) is 0 Å². The van der Waals surface area contributed by atoms with E-state index in [4.69, 9.17) is 4.98 Å². The summed E-state index contributed by atoms with van der Waals surface area (Å²) < 4.78 is 2.13. The molecule has 0 bridgehead atoms. The zero-order valence-electron chi connectivity index (χ0n) is 17.7. The molecule has 0 spiro atoms. The lowest BCUT2D eigenvalue weighted by Gasteiger charge is -2.24. The number of anilines is 1. The maximum absolute atomic E-state index is 13.6. The molecule has 2 heterocycles. The van der Waals surface area contributed by atoms with Gasteiger partial charge >= 0.3 is 0 Å². The molecule has 0 saturated carbocycles. The van der Waals surface area contributed by atoms with Crippen molar-refractivity contribution in [3.63, 3.8) is 0 Å². The number of amides is 1. The Bertz CT molecular complexity index is 1170. The van der Waals surface area contributed by atoms with Crippen LogP contribution in [0.3, 0.4) is 0 Å². The molecule has 4 rings (SSSR count). The first-order valence-electron chi connectivity index (χ1n) is 9.95. The van der Waals surface area contributed by atoms with Gasteiger partial charge in [0.25, 0.3) is 5.91 Å². The van der Waals surface area contributed by atoms with Crippen LogP contribution in [0.5, 0.6) is 0 Å². The normalized spacial score (nSPS) is 11.2. The van der Waals surface area contributed by atoms with Crippen molar-refractivity contribution >= 4 is 78.3 Å². The Morgan fingerprint density at radius 1 is 1.10 bits per heavy atom. The third kappa shape index (κ3) is 5.04. The number of benzene rings is 2. The zero-order valence-corrected chi connectivity index (χ0v) is 21.0. The third-order valence-corrected chi connectivity index (χ3v) is 7.78. The standard InChI is InChI=1S/C22H24N4OS3.ClH/c1-4-25(5-2)11-12-26(21(27)15-9-10-16-19(13-15)29-14-23-16)22-24-20-17(28-3)7-6-8-18(20)30-22;/h6-10,13-14H,4-5,11-12H2,1-3H3;1H. The number of fused-ring (bicyclic) bond motifs is 2. The highest BCUT2D eigenvalue weighted by Gasteiger charge is 2.23. The van der Waals surface area contributed by atoms with Crippen molar-refractivity contribution in [3.8, 4) is 0 Å². The molecule has 0 saturated heterocycles. The molecule has 0 N–H and O–H groups in total. The molecule has 31 heavy (non-hydrogen) atoms. The Labute approximate surface area is 200 Å². The summed E-state index contributed by atoms with van der Waals surface area (Å²) in [5.74, 6) is -0.0118. The van der Waals surface area contributed by atoms with Gasteiger partial charge in [-0.3, -0.25) is 9.69 Å². The number of rotatable bonds is 8. The average molecular weight is 493 g/mol. The SMILES string of the molecule is CCN(CC)CCN(C(=O)c1ccc2ncsc2c1)c1nc2c(SC)cccc2s1.Cl. The van der Waals surface area contributed by atoms with Crippen molar-refractivity contribution in [1.29, 1.82) is 0 Å². The van der Waals surface area contributed by atoms with E-state index in [2.05, 4.69) is 48.2 Å². The Morgan fingerprint density at radius 3 is 2.65 bits per heavy atom. The fourth-order valence-electron chi connectivity index (χ4n) is 3.40. The lowest BCUT2D eigenvalue weighted by atomic mass is 10.2. The topological polar surface area (TPSA) is 49.3 Å². The van der Waals surface area contributed by atoms with Gasteiger partial charge in [-0.1, -0.05) is 31.3 Å². The molecule has 4 aromatic rings. The smallest absolute Gasteiger partial charge is 0.260 e. The van der Waals surface area contributed by atoms with Gasteiger partial charge < -0.3 is 4.90 Å². The summed E-state index contributed by atoms with van der Waals surface area (Å²) in [4.78, 5) is 28.1. The van der Waals surface area contributed by atoms with Crippen molar-refractivity contribution < 1.29 is 4.79 Å². The van der Waals surface area contributed by atoms with Gasteiger partial charge in [0, 0.05) is 23.5 Å². The van der Waals surface area contributed by atoms with Gasteiger partial charge in [0.1, 0.15) is 0 Å². The predicted molar refractivity (Wildman–Crippen MR) is 138 cm³/mol. The monoisotopic (exact) mass is 492 g/mol. The molecule has 0 fully saturated rings. The van der Waals surface area contributed by atoms with Crippen LogP contribution in [0.4, 0.5) is 5.13 Å². The van der Waals surface area contributed by atoms with Crippen LogP contribution in [-0.4, -0.2) is 53.2 Å². The number of halogens is 1. The van der Waals surface area contributed by atoms with Crippen LogP contribution in [-0.2, 0) is 0 Å². The van der Waals surface area contributed by atoms with Crippen LogP contribution >= 0.6 is 46.8 Å². The number of thioether (sulfide) groups is 1. The van der Waals surface area contributed by atoms with Gasteiger partial charge in [0.05, 0.1) is 25.9 Å². The van der Waals surface area contributed by atoms with E-state index in [1.807, 2.05) is 28.6 Å². The minimum absolute atomic E-state index is 0. The van der Waals surface area contributed by atoms with Crippen LogP contribution < -0.4 is 4.90 Å². The van der Waals surface area contributed by atoms with Crippen molar-refractivity contribution in [1.82, 2.24) is 14.9 Å². The molecular weight excluding hydrogens is 468 g/mol. The molecule has 0 radical (unpaired) electrons. The summed E-state index contributed by atoms with van der Waals surface area (Å²) in [6.07, 6.45) is 2.06. The van der Waals surface area contributed by atoms with Gasteiger partial charge in [-0.05, 0) is 49.7 Å². The first-order valence-corrected chi connectivity index (χ1v) is 12.9. The molecule has 0 aliphatic rings. The summed E-state index contributed by atoms with van der Waals surface area (Å²) >= 11 is 4.82. The van der Waals surface area contributed by atoms with E-state index in [0.717, 1.165) is 50.1 Å². The van der Waals surface area contributed by atoms with E-state index in [9.17, 15) is 4.79 Å². The summed E-state index contributed by atoms with van der Waals surface area (Å²) in [6.45, 7) is 7.64. The number of aromatic nitrogens is 2. The van der Waals surface area contributed by atoms with Gasteiger partial charge in [0.2, 0.25) is 0 Å². The second kappa shape index (κ2) is 10.7. The quantitative estimate of drug-likeness (QED) is 0.281. The Balaban J connectivity index is 0.00000272. The van der Waals surface area contributed by atoms with Crippen LogP contribution in [0.25, 0.3) is 20.4 Å². The lowest BCUT2D eigenvalue weighted by Crippen LogP contribution is -2.38. The maximum Gasteiger partial charge on any atom is 0.260 e. The van der Waals surface area contributed by atoms with Crippen LogP contribution in [0, 0.1) is 0 Å². The minimum atomic E-state index is -0.0118. The van der Waals surface area contributed by atoms with Gasteiger partial charge in [0.15, 0.2) is 5.13 Å². The maximum atomic E-state index is 13.6. The average Bonchev–Trinajstić information content (AvgIpc) is 3.42. The number of nitrogens with zero attached hydrogens (tertiary/aromatic N) is 4. The number of para-hydroxylation sites is 1. The number of hydrogen-bond donors (Lipinski definition) is 0. The molecule has 2 aromatic heterocycles. The van der Waals surface area contributed by atoms with Crippen molar-refractivity contribution in [2.75, 3.05) is 37.3 Å². The van der Waals surface area contributed by atoms with E-state index in [1.54, 1.807) is 34.4 Å². The predicted octanol–water partition coefficient (Wildman–Crippen LogP) is 6.04. The van der Waals surface area contributed by atoms with Crippen LogP contribution in [0.15, 0.2) is 46.8 Å². The van der Waals surface area contributed by atoms with Crippen molar-refractivity contribution in [2.45, 2.75) is 18.7 Å². The van der Waals surface area contributed by atoms with E-state index < -0.39 is 0 Å². The van der Waals surface area contributed by atoms with E-state index in [0.29, 0.717) is 12.1 Å². The Morgan fingerprint density at radius 2 is 1.90 bits per heavy atom. The van der Waals surface area contributed by atoms with Crippen molar-refractivity contribution in [3.05, 3.63) is 47.5 Å². The van der Waals surface area contributed by atoms with Gasteiger partial charge in [-0.25, -0.2) is 9.97 Å². The molecule has 0 aliphatic heterocycles. The first kappa shape index (κ1) is 23.9. The van der Waals surface area contributed by atoms with E-state index >= 15 is 0 Å². The van der Waals surface area contributed by atoms with E-state index in [1.165, 1.54) is 0 Å². The number of thiazole rings is 2. The lowest BCUT2D eigenvalue weighted by molar-refractivity contribution is 0.0984. The van der Waals surface area contributed by atoms with Gasteiger partial charge in [-0.15, -0.1) is 35.5 Å². The summed E-state index contributed by atoms with van der Waals surface area (Å²) in [5.41, 5.74) is 4.39. The number of carbonyl (C=O) groups excluding carboxylic acids is 1. The van der Waals surface area contributed by atoms with Crippen molar-refractivity contribution in [2.24, 2.45) is 0 Å². The van der Waals surface area contributed by atoms with Crippen LogP contribution in [0.2, 0.25) is 0 Å². The highest BCUT2D eigenvalue weighted by molar-refractivity contribution is 7.98. The minimum Gasteiger partial charge on any atom is -0.302 e. The molecular formula is C22H25ClN4OS3. The number of carbonyl (C=O) groups is 1. The molecule has 9 heteroatoms. The fraction of sp³-hybridized carbons (Fsp3) is 0.318. The molecule has 2 aromatic carbocycles. The summed E-state index contributed by atoms with van der Waals surface area (Å²) in [7, 11) is 0. The van der Waals surface area contributed by atoms with E-state index in [-0.39, 0.29) is 18.3 Å². The highest BCUT2D eigenvalue weighted by Crippen LogP contribution is 2.34. The molecule has 164 valence electrons. The summed E-state index contributed by atoms with van der Waals surface area (Å²) in [6, 6.07) is 11.9. The Hall–Kier alpha value is -1.71. The second-order valence-electron chi connectivity index (χ2n) is 6.82. The molecule has 0 aliphatic carbocycles. The number of likely N-dealkylation sites (N-methyl/N-ethyl adjacent to an activating group) is 1. The number of hydrogen-bond acceptors (Lipinski definition) is 7. The molecule has 0 unspecified atom stereocenters. The second-order valence-corrected chi connectivity index (χ2v) is 9.57. The zero-order chi connectivity index (χ0) is 21.1.